The van der Waals surface area contributed by atoms with Crippen LogP contribution in [-0.4, -0.2) is 14.7 Å². The lowest BCUT2D eigenvalue weighted by Gasteiger charge is -2.05. The van der Waals surface area contributed by atoms with Gasteiger partial charge < -0.3 is 9.67 Å². The first-order valence-electron chi connectivity index (χ1n) is 5.67. The minimum Gasteiger partial charge on any atom is -0.507 e. The molecule has 0 fully saturated rings. The highest BCUT2D eigenvalue weighted by atomic mass is 79.9. The molecule has 1 N–H and O–H groups in total. The number of phenolic OH excluding ortho intramolecular Hbond substituents is 1. The number of fused-ring (bicyclic) bond motifs is 1. The smallest absolute Gasteiger partial charge is 0.144 e. The summed E-state index contributed by atoms with van der Waals surface area (Å²) in [4.78, 5) is 4.59. The monoisotopic (exact) mass is 380 g/mol. The van der Waals surface area contributed by atoms with Gasteiger partial charge in [-0.15, -0.1) is 0 Å². The highest BCUT2D eigenvalue weighted by Crippen LogP contribution is 2.33. The maximum absolute atomic E-state index is 10.1. The van der Waals surface area contributed by atoms with Gasteiger partial charge >= 0.3 is 0 Å². The number of phenols is 1. The van der Waals surface area contributed by atoms with Crippen molar-refractivity contribution in [2.75, 3.05) is 0 Å². The minimum absolute atomic E-state index is 0.215. The Morgan fingerprint density at radius 2 is 1.74 bits per heavy atom. The Morgan fingerprint density at radius 3 is 2.47 bits per heavy atom. The largest absolute Gasteiger partial charge is 0.507 e. The molecule has 3 rings (SSSR count). The third kappa shape index (κ3) is 2.17. The predicted molar refractivity (Wildman–Crippen MR) is 83.2 cm³/mol. The van der Waals surface area contributed by atoms with Crippen molar-refractivity contribution in [1.82, 2.24) is 9.55 Å². The number of aromatic nitrogens is 2. The Labute approximate surface area is 127 Å². The summed E-state index contributed by atoms with van der Waals surface area (Å²) in [6, 6.07) is 11.4. The van der Waals surface area contributed by atoms with Gasteiger partial charge in [0.05, 0.1) is 16.6 Å². The molecule has 0 aliphatic rings. The van der Waals surface area contributed by atoms with Crippen LogP contribution < -0.4 is 0 Å². The molecule has 0 atom stereocenters. The van der Waals surface area contributed by atoms with Gasteiger partial charge in [0.25, 0.3) is 0 Å². The number of imidazole rings is 1. The zero-order valence-electron chi connectivity index (χ0n) is 10.1. The molecule has 0 spiro atoms. The maximum Gasteiger partial charge on any atom is 0.144 e. The molecule has 0 aliphatic heterocycles. The number of rotatable bonds is 1. The highest BCUT2D eigenvalue weighted by Gasteiger charge is 2.13. The van der Waals surface area contributed by atoms with Gasteiger partial charge in [-0.2, -0.15) is 0 Å². The lowest BCUT2D eigenvalue weighted by molar-refractivity contribution is 0.476. The van der Waals surface area contributed by atoms with Crippen molar-refractivity contribution >= 4 is 42.9 Å². The molecule has 96 valence electrons. The van der Waals surface area contributed by atoms with Crippen LogP contribution in [0.3, 0.4) is 0 Å². The van der Waals surface area contributed by atoms with E-state index in [2.05, 4.69) is 36.8 Å². The number of hydrogen-bond acceptors (Lipinski definition) is 2. The molecular weight excluding hydrogens is 372 g/mol. The Bertz CT molecular complexity index is 780. The minimum atomic E-state index is 0.215. The fraction of sp³-hybridized carbons (Fsp3) is 0.0714. The third-order valence-corrected chi connectivity index (χ3v) is 4.03. The lowest BCUT2D eigenvalue weighted by Crippen LogP contribution is -1.92. The van der Waals surface area contributed by atoms with Crippen LogP contribution in [0.2, 0.25) is 0 Å². The molecular formula is C14H10Br2N2O. The maximum atomic E-state index is 10.1. The number of nitrogens with zero attached hydrogens (tertiary/aromatic N) is 2. The number of halogens is 2. The van der Waals surface area contributed by atoms with Crippen molar-refractivity contribution in [1.29, 1.82) is 0 Å². The molecule has 3 aromatic rings. The first kappa shape index (κ1) is 12.7. The van der Waals surface area contributed by atoms with Crippen molar-refractivity contribution in [3.8, 4) is 17.1 Å². The standard InChI is InChI=1S/C14H10Br2N2O/c1-18-12-5-3-8(15)6-11(12)17-14(18)10-4-2-9(16)7-13(10)19/h2-7,19H,1H3. The quantitative estimate of drug-likeness (QED) is 0.675. The van der Waals surface area contributed by atoms with Gasteiger partial charge in [-0.1, -0.05) is 31.9 Å². The number of aromatic hydroxyl groups is 1. The Hall–Kier alpha value is -1.33. The van der Waals surface area contributed by atoms with E-state index >= 15 is 0 Å². The number of aryl methyl sites for hydroxylation is 1. The summed E-state index contributed by atoms with van der Waals surface area (Å²) in [6.07, 6.45) is 0. The molecule has 0 amide bonds. The van der Waals surface area contributed by atoms with Crippen LogP contribution in [0.4, 0.5) is 0 Å². The molecule has 0 radical (unpaired) electrons. The summed E-state index contributed by atoms with van der Waals surface area (Å²) in [5, 5.41) is 10.1. The van der Waals surface area contributed by atoms with E-state index in [1.807, 2.05) is 41.9 Å². The van der Waals surface area contributed by atoms with Crippen molar-refractivity contribution in [2.24, 2.45) is 7.05 Å². The first-order chi connectivity index (χ1) is 9.06. The van der Waals surface area contributed by atoms with Gasteiger partial charge in [0.1, 0.15) is 11.6 Å². The zero-order chi connectivity index (χ0) is 13.6. The Balaban J connectivity index is 2.27. The van der Waals surface area contributed by atoms with Gasteiger partial charge in [-0.25, -0.2) is 4.98 Å². The van der Waals surface area contributed by atoms with Gasteiger partial charge in [0, 0.05) is 16.0 Å². The molecule has 0 saturated carbocycles. The van der Waals surface area contributed by atoms with Crippen LogP contribution in [0.1, 0.15) is 0 Å². The van der Waals surface area contributed by atoms with Crippen LogP contribution in [0.5, 0.6) is 5.75 Å². The van der Waals surface area contributed by atoms with Crippen LogP contribution in [0.25, 0.3) is 22.4 Å². The number of hydrogen-bond donors (Lipinski definition) is 1. The summed E-state index contributed by atoms with van der Waals surface area (Å²) >= 11 is 6.78. The van der Waals surface area contributed by atoms with Crippen LogP contribution in [0.15, 0.2) is 45.3 Å². The van der Waals surface area contributed by atoms with Gasteiger partial charge in [0.15, 0.2) is 0 Å². The van der Waals surface area contributed by atoms with Crippen LogP contribution in [0, 0.1) is 0 Å². The average Bonchev–Trinajstić information content (AvgIpc) is 2.66. The second kappa shape index (κ2) is 4.65. The van der Waals surface area contributed by atoms with Crippen molar-refractivity contribution in [2.45, 2.75) is 0 Å². The molecule has 3 nitrogen and oxygen atoms in total. The lowest BCUT2D eigenvalue weighted by atomic mass is 10.2. The van der Waals surface area contributed by atoms with E-state index in [0.29, 0.717) is 0 Å². The van der Waals surface area contributed by atoms with E-state index in [0.717, 1.165) is 31.4 Å². The van der Waals surface area contributed by atoms with E-state index in [1.165, 1.54) is 0 Å². The van der Waals surface area contributed by atoms with Crippen molar-refractivity contribution in [3.63, 3.8) is 0 Å². The average molecular weight is 382 g/mol. The topological polar surface area (TPSA) is 38.0 Å². The van der Waals surface area contributed by atoms with E-state index in [1.54, 1.807) is 6.07 Å². The molecule has 2 aromatic carbocycles. The highest BCUT2D eigenvalue weighted by molar-refractivity contribution is 9.10. The van der Waals surface area contributed by atoms with Crippen molar-refractivity contribution < 1.29 is 5.11 Å². The molecule has 1 heterocycles. The fourth-order valence-electron chi connectivity index (χ4n) is 2.11. The zero-order valence-corrected chi connectivity index (χ0v) is 13.2. The van der Waals surface area contributed by atoms with E-state index in [9.17, 15) is 5.11 Å². The molecule has 0 unspecified atom stereocenters. The van der Waals surface area contributed by atoms with E-state index in [4.69, 9.17) is 0 Å². The molecule has 0 saturated heterocycles. The summed E-state index contributed by atoms with van der Waals surface area (Å²) in [5.41, 5.74) is 2.65. The Kier molecular flexibility index (Phi) is 3.11. The van der Waals surface area contributed by atoms with Crippen LogP contribution in [-0.2, 0) is 7.05 Å². The third-order valence-electron chi connectivity index (χ3n) is 3.04. The predicted octanol–water partition coefficient (Wildman–Crippen LogP) is 4.47. The summed E-state index contributed by atoms with van der Waals surface area (Å²) in [7, 11) is 1.94. The fourth-order valence-corrected chi connectivity index (χ4v) is 2.81. The second-order valence-corrected chi connectivity index (χ2v) is 6.12. The van der Waals surface area contributed by atoms with E-state index in [-0.39, 0.29) is 5.75 Å². The summed E-state index contributed by atoms with van der Waals surface area (Å²) in [5.74, 6) is 0.963. The Morgan fingerprint density at radius 1 is 1.05 bits per heavy atom. The van der Waals surface area contributed by atoms with Gasteiger partial charge in [-0.3, -0.25) is 0 Å². The normalized spacial score (nSPS) is 11.1. The van der Waals surface area contributed by atoms with Gasteiger partial charge in [0.2, 0.25) is 0 Å². The summed E-state index contributed by atoms with van der Waals surface area (Å²) in [6.45, 7) is 0. The molecule has 1 aromatic heterocycles. The molecule has 19 heavy (non-hydrogen) atoms. The van der Waals surface area contributed by atoms with Gasteiger partial charge in [-0.05, 0) is 36.4 Å². The molecule has 0 aliphatic carbocycles. The SMILES string of the molecule is Cn1c(-c2ccc(Br)cc2O)nc2cc(Br)ccc21. The van der Waals surface area contributed by atoms with E-state index < -0.39 is 0 Å². The van der Waals surface area contributed by atoms with Crippen LogP contribution >= 0.6 is 31.9 Å². The second-order valence-electron chi connectivity index (χ2n) is 4.29. The van der Waals surface area contributed by atoms with Crippen molar-refractivity contribution in [3.05, 3.63) is 45.3 Å². The molecule has 5 heteroatoms. The summed E-state index contributed by atoms with van der Waals surface area (Å²) < 4.78 is 3.81. The first-order valence-corrected chi connectivity index (χ1v) is 7.26. The number of benzene rings is 2. The molecule has 0 bridgehead atoms.